The Bertz CT molecular complexity index is 1210. The largest absolute Gasteiger partial charge is 0.465 e. The van der Waals surface area contributed by atoms with Crippen LogP contribution in [0.15, 0.2) is 66.7 Å². The van der Waals surface area contributed by atoms with Crippen LogP contribution in [0, 0.1) is 5.82 Å². The van der Waals surface area contributed by atoms with Crippen molar-refractivity contribution in [2.75, 3.05) is 36.0 Å². The molecule has 0 bridgehead atoms. The summed E-state index contributed by atoms with van der Waals surface area (Å²) < 4.78 is 19.7. The quantitative estimate of drug-likeness (QED) is 0.636. The number of carbonyl (C=O) groups is 2. The summed E-state index contributed by atoms with van der Waals surface area (Å²) in [5.74, 6) is 0.455. The molecule has 0 unspecified atom stereocenters. The number of fused-ring (bicyclic) bond motifs is 2. The van der Waals surface area contributed by atoms with Gasteiger partial charge in [-0.1, -0.05) is 30.3 Å². The first-order chi connectivity index (χ1) is 16.0. The lowest BCUT2D eigenvalue weighted by Crippen LogP contribution is -2.48. The molecule has 0 aliphatic carbocycles. The van der Waals surface area contributed by atoms with E-state index < -0.39 is 6.09 Å². The smallest absolute Gasteiger partial charge is 0.407 e. The van der Waals surface area contributed by atoms with Crippen LogP contribution in [-0.2, 0) is 6.54 Å². The molecular formula is C25H22FN3O4. The van der Waals surface area contributed by atoms with Gasteiger partial charge in [-0.2, -0.15) is 0 Å². The van der Waals surface area contributed by atoms with Gasteiger partial charge in [0.1, 0.15) is 5.82 Å². The molecule has 0 spiro atoms. The summed E-state index contributed by atoms with van der Waals surface area (Å²) in [5, 5.41) is 9.25. The highest BCUT2D eigenvalue weighted by Crippen LogP contribution is 2.44. The molecule has 7 nitrogen and oxygen atoms in total. The van der Waals surface area contributed by atoms with E-state index in [1.807, 2.05) is 41.3 Å². The van der Waals surface area contributed by atoms with Crippen molar-refractivity contribution in [2.45, 2.75) is 6.54 Å². The van der Waals surface area contributed by atoms with Crippen molar-refractivity contribution in [1.29, 1.82) is 0 Å². The zero-order valence-corrected chi connectivity index (χ0v) is 17.8. The summed E-state index contributed by atoms with van der Waals surface area (Å²) in [6.07, 6.45) is -0.932. The van der Waals surface area contributed by atoms with Crippen LogP contribution < -0.4 is 14.5 Å². The van der Waals surface area contributed by atoms with Crippen molar-refractivity contribution in [3.63, 3.8) is 0 Å². The fraction of sp³-hybridized carbons (Fsp3) is 0.200. The Morgan fingerprint density at radius 2 is 1.61 bits per heavy atom. The Labute approximate surface area is 190 Å². The molecular weight excluding hydrogens is 425 g/mol. The van der Waals surface area contributed by atoms with Crippen LogP contribution in [0.5, 0.6) is 11.5 Å². The maximum Gasteiger partial charge on any atom is 0.407 e. The Morgan fingerprint density at radius 1 is 0.909 bits per heavy atom. The minimum Gasteiger partial charge on any atom is -0.465 e. The predicted octanol–water partition coefficient (Wildman–Crippen LogP) is 4.58. The molecule has 3 aromatic rings. The lowest BCUT2D eigenvalue weighted by atomic mass is 10.1. The minimum absolute atomic E-state index is 0.217. The molecule has 0 radical (unpaired) electrons. The van der Waals surface area contributed by atoms with Crippen LogP contribution >= 0.6 is 0 Å². The van der Waals surface area contributed by atoms with Crippen molar-refractivity contribution >= 4 is 23.4 Å². The number of para-hydroxylation sites is 3. The molecule has 0 atom stereocenters. The molecule has 5 rings (SSSR count). The van der Waals surface area contributed by atoms with Crippen molar-refractivity contribution < 1.29 is 23.8 Å². The van der Waals surface area contributed by atoms with Gasteiger partial charge >= 0.3 is 6.09 Å². The molecule has 2 aliphatic heterocycles. The first-order valence-corrected chi connectivity index (χ1v) is 10.7. The molecule has 2 heterocycles. The fourth-order valence-electron chi connectivity index (χ4n) is 4.25. The van der Waals surface area contributed by atoms with E-state index in [1.54, 1.807) is 23.1 Å². The third-order valence-electron chi connectivity index (χ3n) is 5.98. The highest BCUT2D eigenvalue weighted by Gasteiger charge is 2.32. The first kappa shape index (κ1) is 20.8. The van der Waals surface area contributed by atoms with Gasteiger partial charge in [-0.05, 0) is 42.0 Å². The van der Waals surface area contributed by atoms with E-state index in [0.717, 1.165) is 11.3 Å². The van der Waals surface area contributed by atoms with Gasteiger partial charge < -0.3 is 24.5 Å². The first-order valence-electron chi connectivity index (χ1n) is 10.7. The lowest BCUT2D eigenvalue weighted by Gasteiger charge is -2.35. The second-order valence-corrected chi connectivity index (χ2v) is 8.00. The van der Waals surface area contributed by atoms with Crippen LogP contribution in [0.2, 0.25) is 0 Å². The Hall–Kier alpha value is -4.07. The fourth-order valence-corrected chi connectivity index (χ4v) is 4.25. The number of ether oxygens (including phenoxy) is 1. The number of carboxylic acid groups (broad SMARTS) is 1. The third kappa shape index (κ3) is 3.95. The Kier molecular flexibility index (Phi) is 5.34. The van der Waals surface area contributed by atoms with Gasteiger partial charge in [0, 0.05) is 26.2 Å². The molecule has 8 heteroatoms. The molecule has 1 fully saturated rings. The number of halogens is 1. The van der Waals surface area contributed by atoms with Crippen LogP contribution in [-0.4, -0.2) is 48.2 Å². The van der Waals surface area contributed by atoms with Crippen LogP contribution in [0.1, 0.15) is 15.9 Å². The van der Waals surface area contributed by atoms with Gasteiger partial charge in [0.25, 0.3) is 5.91 Å². The SMILES string of the molecule is O=C(O)N1CCN(c2cccc3c2Oc2ccccc2N(Cc2ccc(F)cc2)C3=O)CC1. The molecule has 1 saturated heterocycles. The van der Waals surface area contributed by atoms with Gasteiger partial charge in [-0.25, -0.2) is 9.18 Å². The van der Waals surface area contributed by atoms with Gasteiger partial charge in [0.15, 0.2) is 11.5 Å². The van der Waals surface area contributed by atoms with E-state index in [1.165, 1.54) is 17.0 Å². The number of anilines is 2. The third-order valence-corrected chi connectivity index (χ3v) is 5.98. The second kappa shape index (κ2) is 8.46. The van der Waals surface area contributed by atoms with E-state index in [-0.39, 0.29) is 18.3 Å². The van der Waals surface area contributed by atoms with E-state index in [9.17, 15) is 19.1 Å². The van der Waals surface area contributed by atoms with Crippen molar-refractivity contribution in [1.82, 2.24) is 4.90 Å². The Balaban J connectivity index is 1.53. The summed E-state index contributed by atoms with van der Waals surface area (Å²) in [4.78, 5) is 30.1. The summed E-state index contributed by atoms with van der Waals surface area (Å²) in [6, 6.07) is 18.8. The average Bonchev–Trinajstić information content (AvgIpc) is 2.95. The van der Waals surface area contributed by atoms with E-state index in [0.29, 0.717) is 48.9 Å². The number of rotatable bonds is 3. The summed E-state index contributed by atoms with van der Waals surface area (Å²) in [7, 11) is 0. The monoisotopic (exact) mass is 447 g/mol. The summed E-state index contributed by atoms with van der Waals surface area (Å²) in [6.45, 7) is 2.02. The van der Waals surface area contributed by atoms with E-state index in [2.05, 4.69) is 0 Å². The minimum atomic E-state index is -0.932. The molecule has 0 saturated carbocycles. The summed E-state index contributed by atoms with van der Waals surface area (Å²) >= 11 is 0. The van der Waals surface area contributed by atoms with Crippen LogP contribution in [0.3, 0.4) is 0 Å². The normalized spacial score (nSPS) is 15.4. The standard InChI is InChI=1S/C25H22FN3O4/c26-18-10-8-17(9-11-18)16-29-20-5-1-2-7-22(20)33-23-19(24(29)30)4-3-6-21(23)27-12-14-28(15-13-27)25(31)32/h1-11H,12-16H2,(H,31,32). The van der Waals surface area contributed by atoms with Crippen LogP contribution in [0.25, 0.3) is 0 Å². The van der Waals surface area contributed by atoms with Crippen molar-refractivity contribution in [3.8, 4) is 11.5 Å². The maximum atomic E-state index is 13.7. The number of piperazine rings is 1. The Morgan fingerprint density at radius 3 is 2.33 bits per heavy atom. The number of nitrogens with zero attached hydrogens (tertiary/aromatic N) is 3. The highest BCUT2D eigenvalue weighted by atomic mass is 19.1. The molecule has 1 N–H and O–H groups in total. The van der Waals surface area contributed by atoms with Gasteiger partial charge in [-0.15, -0.1) is 0 Å². The molecule has 2 aliphatic rings. The molecule has 3 aromatic carbocycles. The molecule has 168 valence electrons. The topological polar surface area (TPSA) is 73.3 Å². The molecule has 33 heavy (non-hydrogen) atoms. The summed E-state index contributed by atoms with van der Waals surface area (Å²) in [5.41, 5.74) is 2.60. The second-order valence-electron chi connectivity index (χ2n) is 8.00. The van der Waals surface area contributed by atoms with Crippen molar-refractivity contribution in [2.24, 2.45) is 0 Å². The average molecular weight is 447 g/mol. The maximum absolute atomic E-state index is 13.7. The number of carbonyl (C=O) groups excluding carboxylic acids is 1. The van der Waals surface area contributed by atoms with E-state index >= 15 is 0 Å². The van der Waals surface area contributed by atoms with Gasteiger partial charge in [-0.3, -0.25) is 4.79 Å². The zero-order chi connectivity index (χ0) is 22.9. The number of hydrogen-bond donors (Lipinski definition) is 1. The number of hydrogen-bond acceptors (Lipinski definition) is 4. The highest BCUT2D eigenvalue weighted by molar-refractivity contribution is 6.10. The van der Waals surface area contributed by atoms with Crippen LogP contribution in [0.4, 0.5) is 20.6 Å². The van der Waals surface area contributed by atoms with Gasteiger partial charge in [0.2, 0.25) is 0 Å². The zero-order valence-electron chi connectivity index (χ0n) is 17.8. The van der Waals surface area contributed by atoms with E-state index in [4.69, 9.17) is 4.74 Å². The van der Waals surface area contributed by atoms with Gasteiger partial charge in [0.05, 0.1) is 23.5 Å². The number of amides is 2. The molecule has 0 aromatic heterocycles. The number of benzene rings is 3. The molecule has 2 amide bonds. The predicted molar refractivity (Wildman–Crippen MR) is 122 cm³/mol. The van der Waals surface area contributed by atoms with Crippen molar-refractivity contribution in [3.05, 3.63) is 83.7 Å². The lowest BCUT2D eigenvalue weighted by molar-refractivity contribution is 0.0985.